The first-order chi connectivity index (χ1) is 10.7. The van der Waals surface area contributed by atoms with Gasteiger partial charge in [-0.2, -0.15) is 0 Å². The van der Waals surface area contributed by atoms with E-state index in [-0.39, 0.29) is 12.6 Å². The molecule has 114 valence electrons. The average molecular weight is 315 g/mol. The maximum Gasteiger partial charge on any atom is 0.252 e. The van der Waals surface area contributed by atoms with Gasteiger partial charge in [-0.25, -0.2) is 0 Å². The molecule has 0 aliphatic rings. The fourth-order valence-electron chi connectivity index (χ4n) is 1.81. The van der Waals surface area contributed by atoms with Gasteiger partial charge in [-0.3, -0.25) is 4.79 Å². The summed E-state index contributed by atoms with van der Waals surface area (Å²) < 4.78 is 5.23. The molecular formula is C16H17N3O2S. The summed E-state index contributed by atoms with van der Waals surface area (Å²) in [5.74, 6) is 0.535. The number of rotatable bonds is 5. The largest absolute Gasteiger partial charge is 0.495 e. The molecular weight excluding hydrogens is 298 g/mol. The molecule has 0 aromatic heterocycles. The zero-order valence-corrected chi connectivity index (χ0v) is 12.9. The summed E-state index contributed by atoms with van der Waals surface area (Å²) >= 11 is 5.18. The summed E-state index contributed by atoms with van der Waals surface area (Å²) in [5, 5.41) is 9.07. The topological polar surface area (TPSA) is 62.4 Å². The molecule has 0 atom stereocenters. The molecule has 0 aliphatic heterocycles. The van der Waals surface area contributed by atoms with Gasteiger partial charge in [0.15, 0.2) is 5.11 Å². The minimum atomic E-state index is -0.159. The molecule has 2 aromatic rings. The lowest BCUT2D eigenvalue weighted by Gasteiger charge is -2.13. The van der Waals surface area contributed by atoms with E-state index in [0.29, 0.717) is 16.4 Å². The van der Waals surface area contributed by atoms with Gasteiger partial charge < -0.3 is 20.7 Å². The third kappa shape index (κ3) is 4.46. The lowest BCUT2D eigenvalue weighted by molar-refractivity contribution is 0.0953. The number of hydrogen-bond donors (Lipinski definition) is 3. The molecule has 0 aliphatic carbocycles. The van der Waals surface area contributed by atoms with Gasteiger partial charge in [-0.15, -0.1) is 0 Å². The van der Waals surface area contributed by atoms with Crippen LogP contribution in [0.3, 0.4) is 0 Å². The maximum atomic E-state index is 11.9. The van der Waals surface area contributed by atoms with E-state index in [9.17, 15) is 4.79 Å². The minimum Gasteiger partial charge on any atom is -0.495 e. The van der Waals surface area contributed by atoms with E-state index in [0.717, 1.165) is 5.69 Å². The number of carbonyl (C=O) groups excluding carboxylic acids is 1. The van der Waals surface area contributed by atoms with Crippen LogP contribution in [0.5, 0.6) is 5.75 Å². The maximum absolute atomic E-state index is 11.9. The standard InChI is InChI=1S/C16H17N3O2S/c1-21-14-10-6-5-9-13(14)19-16(22)18-11-17-15(20)12-7-3-2-4-8-12/h2-10H,11H2,1H3,(H,17,20)(H2,18,19,22). The van der Waals surface area contributed by atoms with Crippen molar-refractivity contribution in [2.75, 3.05) is 19.1 Å². The Bertz CT molecular complexity index is 647. The Labute approximate surface area is 134 Å². The number of thiocarbonyl (C=S) groups is 1. The van der Waals surface area contributed by atoms with Crippen LogP contribution in [0.2, 0.25) is 0 Å². The zero-order valence-electron chi connectivity index (χ0n) is 12.1. The Morgan fingerprint density at radius 1 is 1.05 bits per heavy atom. The molecule has 0 saturated carbocycles. The van der Waals surface area contributed by atoms with Crippen molar-refractivity contribution < 1.29 is 9.53 Å². The monoisotopic (exact) mass is 315 g/mol. The van der Waals surface area contributed by atoms with E-state index in [1.54, 1.807) is 19.2 Å². The number of methoxy groups -OCH3 is 1. The van der Waals surface area contributed by atoms with E-state index in [1.165, 1.54) is 0 Å². The van der Waals surface area contributed by atoms with Crippen molar-refractivity contribution in [1.82, 2.24) is 10.6 Å². The summed E-state index contributed by atoms with van der Waals surface area (Å²) in [6.07, 6.45) is 0. The first-order valence-electron chi connectivity index (χ1n) is 6.72. The van der Waals surface area contributed by atoms with Gasteiger partial charge in [0.05, 0.1) is 19.5 Å². The van der Waals surface area contributed by atoms with Gasteiger partial charge >= 0.3 is 0 Å². The molecule has 22 heavy (non-hydrogen) atoms. The zero-order chi connectivity index (χ0) is 15.8. The molecule has 0 spiro atoms. The number of anilines is 1. The predicted molar refractivity (Wildman–Crippen MR) is 91.1 cm³/mol. The highest BCUT2D eigenvalue weighted by atomic mass is 32.1. The second-order valence-corrected chi connectivity index (χ2v) is 4.79. The number of benzene rings is 2. The fraction of sp³-hybridized carbons (Fsp3) is 0.125. The van der Waals surface area contributed by atoms with Crippen LogP contribution in [0.4, 0.5) is 5.69 Å². The van der Waals surface area contributed by atoms with Crippen LogP contribution in [0.25, 0.3) is 0 Å². The van der Waals surface area contributed by atoms with Crippen LogP contribution >= 0.6 is 12.2 Å². The molecule has 0 heterocycles. The number of para-hydroxylation sites is 2. The molecule has 0 saturated heterocycles. The van der Waals surface area contributed by atoms with Crippen LogP contribution in [-0.2, 0) is 0 Å². The SMILES string of the molecule is COc1ccccc1NC(=S)NCNC(=O)c1ccccc1. The molecule has 2 aromatic carbocycles. The molecule has 6 heteroatoms. The van der Waals surface area contributed by atoms with Crippen molar-refractivity contribution in [2.45, 2.75) is 0 Å². The van der Waals surface area contributed by atoms with Crippen LogP contribution in [0.15, 0.2) is 54.6 Å². The van der Waals surface area contributed by atoms with E-state index in [1.807, 2.05) is 42.5 Å². The van der Waals surface area contributed by atoms with E-state index < -0.39 is 0 Å². The van der Waals surface area contributed by atoms with Gasteiger partial charge in [0, 0.05) is 5.56 Å². The molecule has 0 bridgehead atoms. The minimum absolute atomic E-state index is 0.159. The van der Waals surface area contributed by atoms with E-state index >= 15 is 0 Å². The number of nitrogens with one attached hydrogen (secondary N) is 3. The van der Waals surface area contributed by atoms with Crippen molar-refractivity contribution in [2.24, 2.45) is 0 Å². The Hall–Kier alpha value is -2.60. The fourth-order valence-corrected chi connectivity index (χ4v) is 1.99. The smallest absolute Gasteiger partial charge is 0.252 e. The Morgan fingerprint density at radius 3 is 2.45 bits per heavy atom. The Morgan fingerprint density at radius 2 is 1.73 bits per heavy atom. The second-order valence-electron chi connectivity index (χ2n) is 4.38. The third-order valence-corrected chi connectivity index (χ3v) is 3.14. The Balaban J connectivity index is 1.80. The Kier molecular flexibility index (Phi) is 5.73. The summed E-state index contributed by atoms with van der Waals surface area (Å²) in [6.45, 7) is 0.231. The quantitative estimate of drug-likeness (QED) is 0.584. The third-order valence-electron chi connectivity index (χ3n) is 2.89. The van der Waals surface area contributed by atoms with Gasteiger partial charge in [-0.1, -0.05) is 30.3 Å². The van der Waals surface area contributed by atoms with Crippen molar-refractivity contribution in [3.63, 3.8) is 0 Å². The lowest BCUT2D eigenvalue weighted by atomic mass is 10.2. The average Bonchev–Trinajstić information content (AvgIpc) is 2.56. The van der Waals surface area contributed by atoms with Crippen LogP contribution in [0.1, 0.15) is 10.4 Å². The van der Waals surface area contributed by atoms with Gasteiger partial charge in [-0.05, 0) is 36.5 Å². The van der Waals surface area contributed by atoms with Gasteiger partial charge in [0.1, 0.15) is 5.75 Å². The predicted octanol–water partition coefficient (Wildman–Crippen LogP) is 2.37. The second kappa shape index (κ2) is 7.99. The molecule has 0 radical (unpaired) electrons. The first-order valence-corrected chi connectivity index (χ1v) is 7.12. The summed E-state index contributed by atoms with van der Waals surface area (Å²) in [7, 11) is 1.59. The number of carbonyl (C=O) groups is 1. The first kappa shape index (κ1) is 15.8. The van der Waals surface area contributed by atoms with Crippen molar-refractivity contribution >= 4 is 28.9 Å². The van der Waals surface area contributed by atoms with Gasteiger partial charge in [0.25, 0.3) is 5.91 Å². The van der Waals surface area contributed by atoms with Crippen molar-refractivity contribution in [1.29, 1.82) is 0 Å². The van der Waals surface area contributed by atoms with Crippen LogP contribution in [0, 0.1) is 0 Å². The number of ether oxygens (including phenoxy) is 1. The lowest BCUT2D eigenvalue weighted by Crippen LogP contribution is -2.39. The van der Waals surface area contributed by atoms with Crippen molar-refractivity contribution in [3.8, 4) is 5.75 Å². The van der Waals surface area contributed by atoms with E-state index in [2.05, 4.69) is 16.0 Å². The van der Waals surface area contributed by atoms with E-state index in [4.69, 9.17) is 17.0 Å². The summed E-state index contributed by atoms with van der Waals surface area (Å²) in [5.41, 5.74) is 1.37. The molecule has 0 fully saturated rings. The molecule has 3 N–H and O–H groups in total. The van der Waals surface area contributed by atoms with Crippen LogP contribution in [-0.4, -0.2) is 24.8 Å². The van der Waals surface area contributed by atoms with Crippen molar-refractivity contribution in [3.05, 3.63) is 60.2 Å². The highest BCUT2D eigenvalue weighted by Crippen LogP contribution is 2.22. The van der Waals surface area contributed by atoms with Crippen LogP contribution < -0.4 is 20.7 Å². The molecule has 5 nitrogen and oxygen atoms in total. The number of hydrogen-bond acceptors (Lipinski definition) is 3. The molecule has 1 amide bonds. The highest BCUT2D eigenvalue weighted by Gasteiger charge is 2.05. The normalized spacial score (nSPS) is 9.68. The summed E-state index contributed by atoms with van der Waals surface area (Å²) in [4.78, 5) is 11.9. The molecule has 2 rings (SSSR count). The highest BCUT2D eigenvalue weighted by molar-refractivity contribution is 7.80. The van der Waals surface area contributed by atoms with Gasteiger partial charge in [0.2, 0.25) is 0 Å². The summed E-state index contributed by atoms with van der Waals surface area (Å²) in [6, 6.07) is 16.4. The number of amides is 1. The molecule has 0 unspecified atom stereocenters.